The van der Waals surface area contributed by atoms with Crippen LogP contribution >= 0.6 is 11.8 Å². The largest absolute Gasteiger partial charge is 0.394 e. The predicted molar refractivity (Wildman–Crippen MR) is 52.2 cm³/mol. The number of aliphatic hydroxyl groups is 1. The Morgan fingerprint density at radius 3 is 2.75 bits per heavy atom. The summed E-state index contributed by atoms with van der Waals surface area (Å²) in [5, 5.41) is 8.87. The Balaban J connectivity index is 2.96. The Labute approximate surface area is 76.8 Å². The average Bonchev–Trinajstić information content (AvgIpc) is 2.16. The SMILES string of the molecule is CSc1ccccc1C(N)CO. The van der Waals surface area contributed by atoms with Crippen molar-refractivity contribution in [3.8, 4) is 0 Å². The highest BCUT2D eigenvalue weighted by atomic mass is 32.2. The van der Waals surface area contributed by atoms with Gasteiger partial charge in [0.1, 0.15) is 0 Å². The van der Waals surface area contributed by atoms with E-state index in [4.69, 9.17) is 10.8 Å². The van der Waals surface area contributed by atoms with Gasteiger partial charge in [-0.25, -0.2) is 0 Å². The third-order valence-electron chi connectivity index (χ3n) is 1.74. The molecule has 0 spiro atoms. The molecule has 1 atom stereocenters. The molecule has 66 valence electrons. The lowest BCUT2D eigenvalue weighted by atomic mass is 10.1. The summed E-state index contributed by atoms with van der Waals surface area (Å²) >= 11 is 1.65. The van der Waals surface area contributed by atoms with Gasteiger partial charge in [0.2, 0.25) is 0 Å². The van der Waals surface area contributed by atoms with Crippen LogP contribution in [0.4, 0.5) is 0 Å². The minimum absolute atomic E-state index is 0.00241. The van der Waals surface area contributed by atoms with Gasteiger partial charge in [-0.05, 0) is 17.9 Å². The fraction of sp³-hybridized carbons (Fsp3) is 0.333. The Morgan fingerprint density at radius 1 is 1.50 bits per heavy atom. The van der Waals surface area contributed by atoms with Crippen molar-refractivity contribution in [2.75, 3.05) is 12.9 Å². The van der Waals surface area contributed by atoms with E-state index in [2.05, 4.69) is 0 Å². The summed E-state index contributed by atoms with van der Waals surface area (Å²) in [6.07, 6.45) is 2.00. The number of benzene rings is 1. The monoisotopic (exact) mass is 183 g/mol. The topological polar surface area (TPSA) is 46.2 Å². The van der Waals surface area contributed by atoms with Gasteiger partial charge in [0.05, 0.1) is 12.6 Å². The molecule has 1 rings (SSSR count). The van der Waals surface area contributed by atoms with Crippen LogP contribution < -0.4 is 5.73 Å². The first-order chi connectivity index (χ1) is 5.79. The molecule has 0 aliphatic heterocycles. The van der Waals surface area contributed by atoms with Crippen molar-refractivity contribution in [3.63, 3.8) is 0 Å². The van der Waals surface area contributed by atoms with Gasteiger partial charge in [-0.1, -0.05) is 18.2 Å². The molecule has 0 fully saturated rings. The van der Waals surface area contributed by atoms with Gasteiger partial charge in [0.25, 0.3) is 0 Å². The van der Waals surface area contributed by atoms with Crippen molar-refractivity contribution in [1.82, 2.24) is 0 Å². The standard InChI is InChI=1S/C9H13NOS/c1-12-9-5-3-2-4-7(9)8(10)6-11/h2-5,8,11H,6,10H2,1H3. The zero-order valence-corrected chi connectivity index (χ0v) is 7.84. The molecule has 0 aromatic heterocycles. The van der Waals surface area contributed by atoms with E-state index >= 15 is 0 Å². The van der Waals surface area contributed by atoms with Crippen molar-refractivity contribution < 1.29 is 5.11 Å². The van der Waals surface area contributed by atoms with Gasteiger partial charge < -0.3 is 10.8 Å². The first-order valence-electron chi connectivity index (χ1n) is 3.79. The molecule has 0 bridgehead atoms. The maximum atomic E-state index is 8.87. The van der Waals surface area contributed by atoms with E-state index in [-0.39, 0.29) is 12.6 Å². The summed E-state index contributed by atoms with van der Waals surface area (Å²) in [6.45, 7) is -0.00241. The van der Waals surface area contributed by atoms with Crippen LogP contribution in [0.15, 0.2) is 29.2 Å². The van der Waals surface area contributed by atoms with Crippen molar-refractivity contribution in [3.05, 3.63) is 29.8 Å². The van der Waals surface area contributed by atoms with Crippen molar-refractivity contribution >= 4 is 11.8 Å². The van der Waals surface area contributed by atoms with E-state index in [1.807, 2.05) is 30.5 Å². The van der Waals surface area contributed by atoms with Crippen LogP contribution in [-0.2, 0) is 0 Å². The second kappa shape index (κ2) is 4.50. The molecule has 0 saturated carbocycles. The molecule has 2 nitrogen and oxygen atoms in total. The third kappa shape index (κ3) is 2.00. The molecule has 0 radical (unpaired) electrons. The van der Waals surface area contributed by atoms with Crippen molar-refractivity contribution in [2.45, 2.75) is 10.9 Å². The molecular formula is C9H13NOS. The van der Waals surface area contributed by atoms with E-state index in [0.717, 1.165) is 10.5 Å². The second-order valence-electron chi connectivity index (χ2n) is 2.53. The summed E-state index contributed by atoms with van der Waals surface area (Å²) in [6, 6.07) is 7.61. The zero-order valence-electron chi connectivity index (χ0n) is 7.03. The normalized spacial score (nSPS) is 12.9. The van der Waals surface area contributed by atoms with Gasteiger partial charge in [0.15, 0.2) is 0 Å². The number of aliphatic hydroxyl groups excluding tert-OH is 1. The van der Waals surface area contributed by atoms with Crippen LogP contribution in [0.1, 0.15) is 11.6 Å². The Kier molecular flexibility index (Phi) is 3.59. The molecule has 12 heavy (non-hydrogen) atoms. The maximum absolute atomic E-state index is 8.87. The second-order valence-corrected chi connectivity index (χ2v) is 3.38. The van der Waals surface area contributed by atoms with E-state index in [0.29, 0.717) is 0 Å². The first kappa shape index (κ1) is 9.58. The van der Waals surface area contributed by atoms with Crippen LogP contribution in [0.5, 0.6) is 0 Å². The molecule has 1 unspecified atom stereocenters. The maximum Gasteiger partial charge on any atom is 0.0624 e. The number of nitrogens with two attached hydrogens (primary N) is 1. The van der Waals surface area contributed by atoms with Crippen LogP contribution in [0.3, 0.4) is 0 Å². The number of hydrogen-bond acceptors (Lipinski definition) is 3. The highest BCUT2D eigenvalue weighted by Crippen LogP contribution is 2.23. The summed E-state index contributed by atoms with van der Waals surface area (Å²) in [4.78, 5) is 1.14. The lowest BCUT2D eigenvalue weighted by molar-refractivity contribution is 0.267. The van der Waals surface area contributed by atoms with Gasteiger partial charge in [0, 0.05) is 4.90 Å². The van der Waals surface area contributed by atoms with Crippen LogP contribution in [-0.4, -0.2) is 18.0 Å². The Morgan fingerprint density at radius 2 is 2.17 bits per heavy atom. The average molecular weight is 183 g/mol. The third-order valence-corrected chi connectivity index (χ3v) is 2.55. The molecule has 0 amide bonds. The van der Waals surface area contributed by atoms with Gasteiger partial charge in [-0.15, -0.1) is 11.8 Å². The molecule has 1 aromatic carbocycles. The van der Waals surface area contributed by atoms with E-state index in [9.17, 15) is 0 Å². The Hall–Kier alpha value is -0.510. The summed E-state index contributed by atoms with van der Waals surface area (Å²) in [5.41, 5.74) is 6.73. The fourth-order valence-corrected chi connectivity index (χ4v) is 1.74. The first-order valence-corrected chi connectivity index (χ1v) is 5.01. The molecule has 3 N–H and O–H groups in total. The van der Waals surface area contributed by atoms with E-state index in [1.54, 1.807) is 11.8 Å². The van der Waals surface area contributed by atoms with E-state index < -0.39 is 0 Å². The van der Waals surface area contributed by atoms with Crippen molar-refractivity contribution in [2.24, 2.45) is 5.73 Å². The Bertz CT molecular complexity index is 252. The highest BCUT2D eigenvalue weighted by molar-refractivity contribution is 7.98. The van der Waals surface area contributed by atoms with Crippen LogP contribution in [0.2, 0.25) is 0 Å². The fourth-order valence-electron chi connectivity index (χ4n) is 1.07. The smallest absolute Gasteiger partial charge is 0.0624 e. The van der Waals surface area contributed by atoms with E-state index in [1.165, 1.54) is 0 Å². The minimum atomic E-state index is -0.256. The minimum Gasteiger partial charge on any atom is -0.394 e. The van der Waals surface area contributed by atoms with Crippen LogP contribution in [0.25, 0.3) is 0 Å². The van der Waals surface area contributed by atoms with Crippen LogP contribution in [0, 0.1) is 0 Å². The molecule has 0 heterocycles. The zero-order chi connectivity index (χ0) is 8.97. The number of rotatable bonds is 3. The molecule has 1 aromatic rings. The van der Waals surface area contributed by atoms with Gasteiger partial charge >= 0.3 is 0 Å². The van der Waals surface area contributed by atoms with Crippen molar-refractivity contribution in [1.29, 1.82) is 0 Å². The molecule has 0 saturated heterocycles. The number of thioether (sulfide) groups is 1. The molecule has 0 aliphatic rings. The summed E-state index contributed by atoms with van der Waals surface area (Å²) < 4.78 is 0. The molecule has 3 heteroatoms. The van der Waals surface area contributed by atoms with Gasteiger partial charge in [-0.3, -0.25) is 0 Å². The lowest BCUT2D eigenvalue weighted by Crippen LogP contribution is -2.15. The highest BCUT2D eigenvalue weighted by Gasteiger charge is 2.07. The summed E-state index contributed by atoms with van der Waals surface area (Å²) in [7, 11) is 0. The lowest BCUT2D eigenvalue weighted by Gasteiger charge is -2.11. The van der Waals surface area contributed by atoms with Gasteiger partial charge in [-0.2, -0.15) is 0 Å². The predicted octanol–water partition coefficient (Wildman–Crippen LogP) is 1.40. The quantitative estimate of drug-likeness (QED) is 0.696. The number of hydrogen-bond donors (Lipinski definition) is 2. The molecule has 0 aliphatic carbocycles. The summed E-state index contributed by atoms with van der Waals surface area (Å²) in [5.74, 6) is 0. The molecular weight excluding hydrogens is 170 g/mol.